The van der Waals surface area contributed by atoms with Gasteiger partial charge in [0.2, 0.25) is 10.0 Å². The molecule has 1 fully saturated rings. The van der Waals surface area contributed by atoms with Crippen molar-refractivity contribution in [3.63, 3.8) is 0 Å². The summed E-state index contributed by atoms with van der Waals surface area (Å²) in [6.45, 7) is 2.63. The number of sulfonamides is 1. The number of rotatable bonds is 6. The number of pyridine rings is 1. The van der Waals surface area contributed by atoms with E-state index in [-0.39, 0.29) is 5.75 Å². The number of hydrogen-bond acceptors (Lipinski definition) is 4. The Morgan fingerprint density at radius 2 is 1.95 bits per heavy atom. The van der Waals surface area contributed by atoms with Crippen LogP contribution in [0.2, 0.25) is 0 Å². The second kappa shape index (κ2) is 7.15. The van der Waals surface area contributed by atoms with Gasteiger partial charge in [-0.15, -0.1) is 0 Å². The zero-order valence-corrected chi connectivity index (χ0v) is 12.8. The number of hydrogen-bond donors (Lipinski definition) is 1. The molecular formula is C14H23N3O2S. The quantitative estimate of drug-likeness (QED) is 0.847. The van der Waals surface area contributed by atoms with E-state index in [1.807, 2.05) is 12.1 Å². The molecule has 1 aromatic heterocycles. The fraction of sp³-hybridized carbons (Fsp3) is 0.643. The van der Waals surface area contributed by atoms with E-state index in [9.17, 15) is 8.42 Å². The van der Waals surface area contributed by atoms with Crippen LogP contribution in [0.1, 0.15) is 18.4 Å². The Morgan fingerprint density at radius 1 is 1.30 bits per heavy atom. The first-order valence-electron chi connectivity index (χ1n) is 7.11. The predicted octanol–water partition coefficient (Wildman–Crippen LogP) is 0.885. The molecule has 2 rings (SSSR count). The summed E-state index contributed by atoms with van der Waals surface area (Å²) < 4.78 is 26.1. The standard InChI is InChI=1S/C14H23N3O2S/c1-17(12-14-4-9-16-10-5-14)20(18,19)11-6-13-2-7-15-8-3-13/h2-3,7-8,14,16H,4-6,9-12H2,1H3. The Hall–Kier alpha value is -0.980. The zero-order chi connectivity index (χ0) is 14.4. The molecule has 112 valence electrons. The van der Waals surface area contributed by atoms with Crippen molar-refractivity contribution in [2.24, 2.45) is 5.92 Å². The lowest BCUT2D eigenvalue weighted by Gasteiger charge is -2.27. The Morgan fingerprint density at radius 3 is 2.60 bits per heavy atom. The van der Waals surface area contributed by atoms with Gasteiger partial charge in [0.25, 0.3) is 0 Å². The van der Waals surface area contributed by atoms with E-state index in [1.54, 1.807) is 19.4 Å². The van der Waals surface area contributed by atoms with Gasteiger partial charge in [-0.1, -0.05) is 0 Å². The lowest BCUT2D eigenvalue weighted by Crippen LogP contribution is -2.38. The van der Waals surface area contributed by atoms with Crippen molar-refractivity contribution in [1.82, 2.24) is 14.6 Å². The molecular weight excluding hydrogens is 274 g/mol. The van der Waals surface area contributed by atoms with Gasteiger partial charge in [0, 0.05) is 26.0 Å². The fourth-order valence-corrected chi connectivity index (χ4v) is 3.74. The van der Waals surface area contributed by atoms with Gasteiger partial charge in [-0.25, -0.2) is 12.7 Å². The Kier molecular flexibility index (Phi) is 5.51. The number of piperidine rings is 1. The molecule has 0 saturated carbocycles. The SMILES string of the molecule is CN(CC1CCNCC1)S(=O)(=O)CCc1ccncc1. The average molecular weight is 297 g/mol. The smallest absolute Gasteiger partial charge is 0.214 e. The highest BCUT2D eigenvalue weighted by atomic mass is 32.2. The van der Waals surface area contributed by atoms with Gasteiger partial charge in [0.15, 0.2) is 0 Å². The third kappa shape index (κ3) is 4.54. The normalized spacial score (nSPS) is 17.5. The van der Waals surface area contributed by atoms with Crippen LogP contribution < -0.4 is 5.32 Å². The van der Waals surface area contributed by atoms with Crippen molar-refractivity contribution >= 4 is 10.0 Å². The number of nitrogens with zero attached hydrogens (tertiary/aromatic N) is 2. The van der Waals surface area contributed by atoms with Crippen molar-refractivity contribution < 1.29 is 8.42 Å². The van der Waals surface area contributed by atoms with Crippen molar-refractivity contribution in [2.75, 3.05) is 32.4 Å². The molecule has 0 aromatic carbocycles. The van der Waals surface area contributed by atoms with Crippen LogP contribution in [0.25, 0.3) is 0 Å². The first-order chi connectivity index (χ1) is 9.58. The lowest BCUT2D eigenvalue weighted by atomic mass is 9.98. The largest absolute Gasteiger partial charge is 0.317 e. The highest BCUT2D eigenvalue weighted by molar-refractivity contribution is 7.89. The molecule has 0 spiro atoms. The summed E-state index contributed by atoms with van der Waals surface area (Å²) in [5.41, 5.74) is 1.01. The number of aromatic nitrogens is 1. The molecule has 1 saturated heterocycles. The van der Waals surface area contributed by atoms with Crippen LogP contribution in [-0.2, 0) is 16.4 Å². The van der Waals surface area contributed by atoms with Gasteiger partial charge < -0.3 is 5.32 Å². The molecule has 0 atom stereocenters. The molecule has 0 radical (unpaired) electrons. The van der Waals surface area contributed by atoms with Crippen LogP contribution in [0.4, 0.5) is 0 Å². The summed E-state index contributed by atoms with van der Waals surface area (Å²) in [5.74, 6) is 0.648. The molecule has 6 heteroatoms. The minimum Gasteiger partial charge on any atom is -0.317 e. The van der Waals surface area contributed by atoms with E-state index in [4.69, 9.17) is 0 Å². The summed E-state index contributed by atoms with van der Waals surface area (Å²) >= 11 is 0. The number of aryl methyl sites for hydroxylation is 1. The second-order valence-corrected chi connectivity index (χ2v) is 7.59. The van der Waals surface area contributed by atoms with Gasteiger partial charge >= 0.3 is 0 Å². The third-order valence-electron chi connectivity index (χ3n) is 3.85. The molecule has 20 heavy (non-hydrogen) atoms. The molecule has 1 aromatic rings. The highest BCUT2D eigenvalue weighted by Gasteiger charge is 2.22. The Balaban J connectivity index is 1.85. The average Bonchev–Trinajstić information content (AvgIpc) is 2.47. The van der Waals surface area contributed by atoms with Crippen molar-refractivity contribution in [3.05, 3.63) is 30.1 Å². The maximum atomic E-state index is 12.3. The van der Waals surface area contributed by atoms with Gasteiger partial charge in [-0.3, -0.25) is 4.98 Å². The molecule has 0 aliphatic carbocycles. The highest BCUT2D eigenvalue weighted by Crippen LogP contribution is 2.15. The van der Waals surface area contributed by atoms with Crippen molar-refractivity contribution in [1.29, 1.82) is 0 Å². The summed E-state index contributed by atoms with van der Waals surface area (Å²) in [4.78, 5) is 3.94. The lowest BCUT2D eigenvalue weighted by molar-refractivity contribution is 0.311. The van der Waals surface area contributed by atoms with Gasteiger partial charge in [0.1, 0.15) is 0 Å². The van der Waals surface area contributed by atoms with Crippen LogP contribution in [0.15, 0.2) is 24.5 Å². The van der Waals surface area contributed by atoms with E-state index >= 15 is 0 Å². The van der Waals surface area contributed by atoms with Crippen LogP contribution in [0, 0.1) is 5.92 Å². The van der Waals surface area contributed by atoms with Crippen LogP contribution in [0.5, 0.6) is 0 Å². The van der Waals surface area contributed by atoms with Crippen LogP contribution >= 0.6 is 0 Å². The van der Waals surface area contributed by atoms with E-state index in [0.717, 1.165) is 31.5 Å². The minimum absolute atomic E-state index is 0.165. The van der Waals surface area contributed by atoms with Crippen LogP contribution in [0.3, 0.4) is 0 Å². The second-order valence-electron chi connectivity index (χ2n) is 5.40. The third-order valence-corrected chi connectivity index (χ3v) is 5.67. The molecule has 1 aliphatic rings. The van der Waals surface area contributed by atoms with Crippen LogP contribution in [-0.4, -0.2) is 50.1 Å². The Labute approximate surface area is 121 Å². The topological polar surface area (TPSA) is 62.3 Å². The summed E-state index contributed by atoms with van der Waals surface area (Å²) in [7, 11) is -1.47. The van der Waals surface area contributed by atoms with E-state index in [0.29, 0.717) is 18.9 Å². The summed E-state index contributed by atoms with van der Waals surface area (Å²) in [6.07, 6.45) is 6.05. The number of nitrogens with one attached hydrogen (secondary N) is 1. The van der Waals surface area contributed by atoms with Crippen molar-refractivity contribution in [3.8, 4) is 0 Å². The minimum atomic E-state index is -3.17. The van der Waals surface area contributed by atoms with E-state index in [2.05, 4.69) is 10.3 Å². The molecule has 2 heterocycles. The molecule has 1 aliphatic heterocycles. The van der Waals surface area contributed by atoms with Crippen molar-refractivity contribution in [2.45, 2.75) is 19.3 Å². The maximum absolute atomic E-state index is 12.3. The van der Waals surface area contributed by atoms with Gasteiger partial charge in [0.05, 0.1) is 5.75 Å². The fourth-order valence-electron chi connectivity index (χ4n) is 2.49. The summed E-state index contributed by atoms with van der Waals surface area (Å²) in [6, 6.07) is 3.73. The molecule has 1 N–H and O–H groups in total. The zero-order valence-electron chi connectivity index (χ0n) is 12.0. The van der Waals surface area contributed by atoms with E-state index < -0.39 is 10.0 Å². The first-order valence-corrected chi connectivity index (χ1v) is 8.72. The van der Waals surface area contributed by atoms with E-state index in [1.165, 1.54) is 4.31 Å². The van der Waals surface area contributed by atoms with Gasteiger partial charge in [-0.05, 0) is 56.0 Å². The predicted molar refractivity (Wildman–Crippen MR) is 80.0 cm³/mol. The van der Waals surface area contributed by atoms with Gasteiger partial charge in [-0.2, -0.15) is 0 Å². The maximum Gasteiger partial charge on any atom is 0.214 e. The first kappa shape index (κ1) is 15.4. The molecule has 0 amide bonds. The summed E-state index contributed by atoms with van der Waals surface area (Å²) in [5, 5.41) is 3.30. The monoisotopic (exact) mass is 297 g/mol. The molecule has 0 bridgehead atoms. The molecule has 0 unspecified atom stereocenters. The Bertz CT molecular complexity index is 498. The molecule has 5 nitrogen and oxygen atoms in total.